The van der Waals surface area contributed by atoms with Crippen molar-refractivity contribution in [1.29, 1.82) is 0 Å². The third kappa shape index (κ3) is 7.34. The van der Waals surface area contributed by atoms with Crippen LogP contribution < -0.4 is 10.6 Å². The molecule has 23 heavy (non-hydrogen) atoms. The second kappa shape index (κ2) is 9.77. The summed E-state index contributed by atoms with van der Waals surface area (Å²) in [4.78, 5) is 8.96. The van der Waals surface area contributed by atoms with Gasteiger partial charge in [0.15, 0.2) is 15.8 Å². The molecule has 1 aliphatic rings. The van der Waals surface area contributed by atoms with Gasteiger partial charge < -0.3 is 10.6 Å². The van der Waals surface area contributed by atoms with Gasteiger partial charge in [-0.2, -0.15) is 0 Å². The number of hydrogen-bond acceptors (Lipinski definition) is 5. The van der Waals surface area contributed by atoms with Gasteiger partial charge in [-0.25, -0.2) is 13.4 Å². The lowest BCUT2D eigenvalue weighted by Gasteiger charge is -2.15. The molecule has 1 aromatic heterocycles. The second-order valence-electron chi connectivity index (χ2n) is 5.49. The number of nitrogens with one attached hydrogen (secondary N) is 2. The van der Waals surface area contributed by atoms with Gasteiger partial charge in [-0.05, 0) is 26.7 Å². The SMILES string of the molecule is CCNC(=NCCCc1nc(C)cs1)NC1CCS(=O)(=O)C1.I. The number of thiazole rings is 1. The Kier molecular flexibility index (Phi) is 8.76. The van der Waals surface area contributed by atoms with Crippen LogP contribution in [0.3, 0.4) is 0 Å². The molecular formula is C14H25IN4O2S2. The normalized spacial score (nSPS) is 20.1. The Balaban J connectivity index is 0.00000264. The van der Waals surface area contributed by atoms with Gasteiger partial charge in [0.2, 0.25) is 0 Å². The van der Waals surface area contributed by atoms with Gasteiger partial charge in [-0.15, -0.1) is 35.3 Å². The van der Waals surface area contributed by atoms with Crippen LogP contribution in [-0.2, 0) is 16.3 Å². The van der Waals surface area contributed by atoms with Crippen LogP contribution in [0, 0.1) is 6.92 Å². The fraction of sp³-hybridized carbons (Fsp3) is 0.714. The van der Waals surface area contributed by atoms with Crippen LogP contribution in [0.5, 0.6) is 0 Å². The molecule has 132 valence electrons. The van der Waals surface area contributed by atoms with E-state index in [1.165, 1.54) is 0 Å². The van der Waals surface area contributed by atoms with E-state index in [4.69, 9.17) is 0 Å². The average Bonchev–Trinajstić information content (AvgIpc) is 3.00. The Hall–Kier alpha value is -0.420. The maximum absolute atomic E-state index is 11.5. The van der Waals surface area contributed by atoms with Crippen LogP contribution in [-0.4, -0.2) is 50.0 Å². The molecule has 9 heteroatoms. The monoisotopic (exact) mass is 472 g/mol. The lowest BCUT2D eigenvalue weighted by molar-refractivity contribution is 0.599. The smallest absolute Gasteiger partial charge is 0.191 e. The molecule has 2 N–H and O–H groups in total. The third-order valence-electron chi connectivity index (χ3n) is 3.40. The lowest BCUT2D eigenvalue weighted by Crippen LogP contribution is -2.44. The molecule has 0 radical (unpaired) electrons. The van der Waals surface area contributed by atoms with Crippen LogP contribution in [0.1, 0.15) is 30.5 Å². The van der Waals surface area contributed by atoms with Crippen molar-refractivity contribution in [2.24, 2.45) is 4.99 Å². The Morgan fingerprint density at radius 1 is 1.52 bits per heavy atom. The zero-order valence-electron chi connectivity index (χ0n) is 13.5. The van der Waals surface area contributed by atoms with Crippen molar-refractivity contribution in [3.8, 4) is 0 Å². The third-order valence-corrected chi connectivity index (χ3v) is 6.20. The highest BCUT2D eigenvalue weighted by atomic mass is 127. The van der Waals surface area contributed by atoms with Crippen LogP contribution in [0.15, 0.2) is 10.4 Å². The number of aromatic nitrogens is 1. The van der Waals surface area contributed by atoms with Gasteiger partial charge in [0.05, 0.1) is 16.5 Å². The Morgan fingerprint density at radius 3 is 2.87 bits per heavy atom. The summed E-state index contributed by atoms with van der Waals surface area (Å²) < 4.78 is 23.0. The van der Waals surface area contributed by atoms with Crippen LogP contribution >= 0.6 is 35.3 Å². The Bertz CT molecular complexity index is 616. The maximum atomic E-state index is 11.5. The van der Waals surface area contributed by atoms with Gasteiger partial charge >= 0.3 is 0 Å². The number of aryl methyl sites for hydroxylation is 2. The van der Waals surface area contributed by atoms with Gasteiger partial charge in [0.1, 0.15) is 0 Å². The number of aliphatic imine (C=N–C) groups is 1. The van der Waals surface area contributed by atoms with E-state index in [9.17, 15) is 8.42 Å². The minimum atomic E-state index is -2.87. The number of nitrogens with zero attached hydrogens (tertiary/aromatic N) is 2. The molecule has 0 bridgehead atoms. The molecule has 0 saturated carbocycles. The van der Waals surface area contributed by atoms with Gasteiger partial charge in [0, 0.05) is 36.6 Å². The van der Waals surface area contributed by atoms with E-state index >= 15 is 0 Å². The number of halogens is 1. The quantitative estimate of drug-likeness (QED) is 0.285. The summed E-state index contributed by atoms with van der Waals surface area (Å²) in [6, 6.07) is -0.0237. The molecule has 0 spiro atoms. The standard InChI is InChI=1S/C14H24N4O2S2.HI/c1-3-15-14(18-12-6-8-22(19,20)10-12)16-7-4-5-13-17-11(2)9-21-13;/h9,12H,3-8,10H2,1-2H3,(H2,15,16,18);1H. The van der Waals surface area contributed by atoms with E-state index in [1.807, 2.05) is 13.8 Å². The first-order valence-corrected chi connectivity index (χ1v) is 10.3. The predicted molar refractivity (Wildman–Crippen MR) is 107 cm³/mol. The molecule has 1 fully saturated rings. The van der Waals surface area contributed by atoms with E-state index in [0.29, 0.717) is 18.9 Å². The van der Waals surface area contributed by atoms with Crippen molar-refractivity contribution in [3.63, 3.8) is 0 Å². The lowest BCUT2D eigenvalue weighted by atomic mass is 10.3. The van der Waals surface area contributed by atoms with Crippen molar-refractivity contribution in [2.45, 2.75) is 39.2 Å². The molecule has 1 aromatic rings. The number of hydrogen-bond donors (Lipinski definition) is 2. The Morgan fingerprint density at radius 2 is 2.30 bits per heavy atom. The molecule has 0 aliphatic carbocycles. The van der Waals surface area contributed by atoms with Gasteiger partial charge in [-0.3, -0.25) is 4.99 Å². The average molecular weight is 472 g/mol. The van der Waals surface area contributed by atoms with E-state index in [0.717, 1.165) is 30.1 Å². The van der Waals surface area contributed by atoms with Crippen LogP contribution in [0.2, 0.25) is 0 Å². The molecule has 2 heterocycles. The zero-order valence-corrected chi connectivity index (χ0v) is 17.5. The number of guanidine groups is 1. The maximum Gasteiger partial charge on any atom is 0.191 e. The van der Waals surface area contributed by atoms with E-state index in [2.05, 4.69) is 26.0 Å². The van der Waals surface area contributed by atoms with Crippen molar-refractivity contribution >= 4 is 51.1 Å². The van der Waals surface area contributed by atoms with Crippen molar-refractivity contribution in [3.05, 3.63) is 16.1 Å². The fourth-order valence-corrected chi connectivity index (χ4v) is 4.85. The summed E-state index contributed by atoms with van der Waals surface area (Å²) in [5.74, 6) is 1.18. The summed E-state index contributed by atoms with van der Waals surface area (Å²) in [6.07, 6.45) is 2.52. The van der Waals surface area contributed by atoms with E-state index < -0.39 is 9.84 Å². The van der Waals surface area contributed by atoms with Crippen molar-refractivity contribution in [2.75, 3.05) is 24.6 Å². The van der Waals surface area contributed by atoms with E-state index in [-0.39, 0.29) is 41.5 Å². The summed E-state index contributed by atoms with van der Waals surface area (Å²) >= 11 is 1.69. The van der Waals surface area contributed by atoms with Crippen LogP contribution in [0.25, 0.3) is 0 Å². The minimum Gasteiger partial charge on any atom is -0.357 e. The summed E-state index contributed by atoms with van der Waals surface area (Å²) in [5, 5.41) is 9.60. The number of rotatable bonds is 6. The Labute approximate surface area is 159 Å². The molecule has 6 nitrogen and oxygen atoms in total. The second-order valence-corrected chi connectivity index (χ2v) is 8.66. The molecule has 2 rings (SSSR count). The largest absolute Gasteiger partial charge is 0.357 e. The fourth-order valence-electron chi connectivity index (χ4n) is 2.36. The predicted octanol–water partition coefficient (Wildman–Crippen LogP) is 1.74. The van der Waals surface area contributed by atoms with Crippen molar-refractivity contribution in [1.82, 2.24) is 15.6 Å². The highest BCUT2D eigenvalue weighted by molar-refractivity contribution is 14.0. The summed E-state index contributed by atoms with van der Waals surface area (Å²) in [6.45, 7) is 5.46. The number of sulfone groups is 1. The van der Waals surface area contributed by atoms with Gasteiger partial charge in [0.25, 0.3) is 0 Å². The first-order chi connectivity index (χ1) is 10.5. The molecular weight excluding hydrogens is 447 g/mol. The van der Waals surface area contributed by atoms with Crippen LogP contribution in [0.4, 0.5) is 0 Å². The van der Waals surface area contributed by atoms with E-state index in [1.54, 1.807) is 11.3 Å². The molecule has 1 saturated heterocycles. The summed E-state index contributed by atoms with van der Waals surface area (Å²) in [5.41, 5.74) is 1.07. The van der Waals surface area contributed by atoms with Gasteiger partial charge in [-0.1, -0.05) is 0 Å². The topological polar surface area (TPSA) is 83.4 Å². The molecule has 0 aromatic carbocycles. The highest BCUT2D eigenvalue weighted by Crippen LogP contribution is 2.12. The molecule has 1 atom stereocenters. The zero-order chi connectivity index (χ0) is 16.0. The molecule has 1 aliphatic heterocycles. The summed E-state index contributed by atoms with van der Waals surface area (Å²) in [7, 11) is -2.87. The highest BCUT2D eigenvalue weighted by Gasteiger charge is 2.28. The molecule has 1 unspecified atom stereocenters. The molecule has 0 amide bonds. The minimum absolute atomic E-state index is 0. The first-order valence-electron chi connectivity index (χ1n) is 7.65. The first kappa shape index (κ1) is 20.6. The van der Waals surface area contributed by atoms with Crippen molar-refractivity contribution < 1.29 is 8.42 Å².